The highest BCUT2D eigenvalue weighted by Gasteiger charge is 2.57. The van der Waals surface area contributed by atoms with E-state index in [4.69, 9.17) is 0 Å². The van der Waals surface area contributed by atoms with Crippen molar-refractivity contribution in [1.29, 1.82) is 0 Å². The van der Waals surface area contributed by atoms with Crippen molar-refractivity contribution in [2.75, 3.05) is 26.2 Å². The van der Waals surface area contributed by atoms with E-state index >= 15 is 0 Å². The van der Waals surface area contributed by atoms with E-state index in [-0.39, 0.29) is 18.9 Å². The normalized spacial score (nSPS) is 32.8. The van der Waals surface area contributed by atoms with Crippen molar-refractivity contribution in [3.8, 4) is 0 Å². The Morgan fingerprint density at radius 3 is 2.85 bits per heavy atom. The minimum absolute atomic E-state index is 0.00881. The molecule has 1 saturated carbocycles. The van der Waals surface area contributed by atoms with Crippen LogP contribution in [0.2, 0.25) is 0 Å². The molecule has 1 heterocycles. The number of halogens is 2. The minimum Gasteiger partial charge on any atom is -0.354 e. The molecule has 13 heavy (non-hydrogen) atoms. The molecule has 3 nitrogen and oxygen atoms in total. The average molecular weight is 190 g/mol. The van der Waals surface area contributed by atoms with Crippen molar-refractivity contribution in [3.05, 3.63) is 0 Å². The summed E-state index contributed by atoms with van der Waals surface area (Å²) >= 11 is 0. The lowest BCUT2D eigenvalue weighted by Gasteiger charge is -2.26. The topological polar surface area (TPSA) is 32.3 Å². The number of piperazine rings is 1. The Morgan fingerprint density at radius 2 is 2.31 bits per heavy atom. The molecule has 0 radical (unpaired) electrons. The first-order chi connectivity index (χ1) is 6.08. The first-order valence-electron chi connectivity index (χ1n) is 4.45. The van der Waals surface area contributed by atoms with Crippen LogP contribution in [0, 0.1) is 5.92 Å². The number of nitrogens with zero attached hydrogens (tertiary/aromatic N) is 1. The number of amides is 1. The van der Waals surface area contributed by atoms with E-state index in [2.05, 4.69) is 5.32 Å². The maximum Gasteiger partial charge on any atom is 0.252 e. The third-order valence-electron chi connectivity index (χ3n) is 2.55. The zero-order valence-electron chi connectivity index (χ0n) is 7.22. The second kappa shape index (κ2) is 2.90. The van der Waals surface area contributed by atoms with Gasteiger partial charge < -0.3 is 5.32 Å². The largest absolute Gasteiger partial charge is 0.354 e. The van der Waals surface area contributed by atoms with E-state index in [1.165, 1.54) is 0 Å². The van der Waals surface area contributed by atoms with Crippen molar-refractivity contribution < 1.29 is 13.6 Å². The fourth-order valence-electron chi connectivity index (χ4n) is 1.63. The molecule has 2 rings (SSSR count). The molecule has 1 amide bonds. The Balaban J connectivity index is 1.79. The number of alkyl halides is 2. The van der Waals surface area contributed by atoms with Gasteiger partial charge in [-0.1, -0.05) is 0 Å². The van der Waals surface area contributed by atoms with E-state index in [1.54, 1.807) is 4.90 Å². The zero-order chi connectivity index (χ0) is 9.47. The summed E-state index contributed by atoms with van der Waals surface area (Å²) in [6, 6.07) is 0. The van der Waals surface area contributed by atoms with Gasteiger partial charge in [0.05, 0.1) is 6.54 Å². The van der Waals surface area contributed by atoms with Gasteiger partial charge in [-0.05, 0) is 0 Å². The van der Waals surface area contributed by atoms with Crippen LogP contribution < -0.4 is 5.32 Å². The van der Waals surface area contributed by atoms with Crippen LogP contribution in [0.3, 0.4) is 0 Å². The number of nitrogens with one attached hydrogen (secondary N) is 1. The molecule has 74 valence electrons. The van der Waals surface area contributed by atoms with Crippen LogP contribution in [0.4, 0.5) is 8.78 Å². The highest BCUT2D eigenvalue weighted by molar-refractivity contribution is 5.78. The van der Waals surface area contributed by atoms with Crippen LogP contribution in [0.15, 0.2) is 0 Å². The molecule has 1 aliphatic heterocycles. The summed E-state index contributed by atoms with van der Waals surface area (Å²) in [7, 11) is 0. The summed E-state index contributed by atoms with van der Waals surface area (Å²) in [4.78, 5) is 12.7. The lowest BCUT2D eigenvalue weighted by atomic mass is 10.3. The summed E-state index contributed by atoms with van der Waals surface area (Å²) in [5, 5.41) is 2.66. The molecule has 1 atom stereocenters. The smallest absolute Gasteiger partial charge is 0.252 e. The molecule has 1 saturated heterocycles. The van der Waals surface area contributed by atoms with E-state index < -0.39 is 11.8 Å². The molecule has 1 N–H and O–H groups in total. The third-order valence-corrected chi connectivity index (χ3v) is 2.55. The summed E-state index contributed by atoms with van der Waals surface area (Å²) in [6.45, 7) is 1.91. The summed E-state index contributed by atoms with van der Waals surface area (Å²) in [5.41, 5.74) is 0. The highest BCUT2D eigenvalue weighted by Crippen LogP contribution is 2.48. The van der Waals surface area contributed by atoms with Gasteiger partial charge in [0.1, 0.15) is 0 Å². The van der Waals surface area contributed by atoms with E-state index in [9.17, 15) is 13.6 Å². The molecule has 0 bridgehead atoms. The molecule has 2 aliphatic rings. The van der Waals surface area contributed by atoms with E-state index in [0.29, 0.717) is 19.6 Å². The van der Waals surface area contributed by atoms with Crippen LogP contribution in [0.1, 0.15) is 6.42 Å². The standard InChI is InChI=1S/C8H12F2N2O/c9-8(10)3-6(8)4-12-2-1-11-7(13)5-12/h6H,1-5H2,(H,11,13). The molecule has 0 aromatic rings. The predicted octanol–water partition coefficient (Wildman–Crippen LogP) is 0.0734. The van der Waals surface area contributed by atoms with Crippen molar-refractivity contribution in [3.63, 3.8) is 0 Å². The number of hydrogen-bond donors (Lipinski definition) is 1. The van der Waals surface area contributed by atoms with E-state index in [1.807, 2.05) is 0 Å². The van der Waals surface area contributed by atoms with Gasteiger partial charge in [0, 0.05) is 32.0 Å². The van der Waals surface area contributed by atoms with Crippen LogP contribution >= 0.6 is 0 Å². The SMILES string of the molecule is O=C1CN(CC2CC2(F)F)CCN1. The van der Waals surface area contributed by atoms with Crippen molar-refractivity contribution in [2.45, 2.75) is 12.3 Å². The van der Waals surface area contributed by atoms with Gasteiger partial charge in [-0.15, -0.1) is 0 Å². The Kier molecular flexibility index (Phi) is 1.98. The second-order valence-electron chi connectivity index (χ2n) is 3.75. The molecule has 0 aromatic heterocycles. The van der Waals surface area contributed by atoms with Gasteiger partial charge >= 0.3 is 0 Å². The zero-order valence-corrected chi connectivity index (χ0v) is 7.22. The quantitative estimate of drug-likeness (QED) is 0.668. The number of rotatable bonds is 2. The summed E-state index contributed by atoms with van der Waals surface area (Å²) < 4.78 is 25.0. The van der Waals surface area contributed by atoms with Crippen LogP contribution in [0.5, 0.6) is 0 Å². The predicted molar refractivity (Wildman–Crippen MR) is 42.5 cm³/mol. The first kappa shape index (κ1) is 8.87. The van der Waals surface area contributed by atoms with Crippen molar-refractivity contribution in [2.24, 2.45) is 5.92 Å². The maximum atomic E-state index is 12.5. The van der Waals surface area contributed by atoms with Crippen LogP contribution in [0.25, 0.3) is 0 Å². The highest BCUT2D eigenvalue weighted by atomic mass is 19.3. The molecular weight excluding hydrogens is 178 g/mol. The van der Waals surface area contributed by atoms with Gasteiger partial charge in [0.25, 0.3) is 5.92 Å². The minimum atomic E-state index is -2.46. The number of hydrogen-bond acceptors (Lipinski definition) is 2. The Hall–Kier alpha value is -0.710. The van der Waals surface area contributed by atoms with Crippen molar-refractivity contribution >= 4 is 5.91 Å². The molecule has 2 fully saturated rings. The Labute approximate surface area is 75.1 Å². The van der Waals surface area contributed by atoms with Gasteiger partial charge in [0.15, 0.2) is 0 Å². The Bertz CT molecular complexity index is 232. The molecule has 0 aromatic carbocycles. The molecule has 1 unspecified atom stereocenters. The molecular formula is C8H12F2N2O. The summed E-state index contributed by atoms with van der Waals surface area (Å²) in [5.74, 6) is -3.04. The number of carbonyl (C=O) groups excluding carboxylic acids is 1. The lowest BCUT2D eigenvalue weighted by Crippen LogP contribution is -2.48. The van der Waals surface area contributed by atoms with Gasteiger partial charge in [-0.2, -0.15) is 0 Å². The summed E-state index contributed by atoms with van der Waals surface area (Å²) in [6.07, 6.45) is -0.00881. The molecule has 1 aliphatic carbocycles. The molecule has 5 heteroatoms. The monoisotopic (exact) mass is 190 g/mol. The first-order valence-corrected chi connectivity index (χ1v) is 4.45. The van der Waals surface area contributed by atoms with Gasteiger partial charge in [0.2, 0.25) is 5.91 Å². The fourth-order valence-corrected chi connectivity index (χ4v) is 1.63. The Morgan fingerprint density at radius 1 is 1.62 bits per heavy atom. The van der Waals surface area contributed by atoms with Crippen LogP contribution in [-0.2, 0) is 4.79 Å². The fraction of sp³-hybridized carbons (Fsp3) is 0.875. The second-order valence-corrected chi connectivity index (χ2v) is 3.75. The third kappa shape index (κ3) is 1.96. The van der Waals surface area contributed by atoms with Crippen LogP contribution in [-0.4, -0.2) is 42.9 Å². The average Bonchev–Trinajstić information content (AvgIpc) is 2.58. The van der Waals surface area contributed by atoms with E-state index in [0.717, 1.165) is 0 Å². The number of carbonyl (C=O) groups is 1. The lowest BCUT2D eigenvalue weighted by molar-refractivity contribution is -0.124. The maximum absolute atomic E-state index is 12.5. The van der Waals surface area contributed by atoms with Gasteiger partial charge in [-0.3, -0.25) is 9.69 Å². The molecule has 0 spiro atoms. The van der Waals surface area contributed by atoms with Crippen molar-refractivity contribution in [1.82, 2.24) is 10.2 Å². The van der Waals surface area contributed by atoms with Gasteiger partial charge in [-0.25, -0.2) is 8.78 Å².